The van der Waals surface area contributed by atoms with Crippen LogP contribution in [0.25, 0.3) is 0 Å². The number of nitrogens with one attached hydrogen (secondary N) is 3. The van der Waals surface area contributed by atoms with Crippen LogP contribution in [-0.2, 0) is 4.79 Å². The molecule has 0 saturated carbocycles. The monoisotopic (exact) mass is 478 g/mol. The highest BCUT2D eigenvalue weighted by Gasteiger charge is 2.22. The van der Waals surface area contributed by atoms with Gasteiger partial charge in [-0.05, 0) is 50.1 Å². The highest BCUT2D eigenvalue weighted by atomic mass is 16.2. The summed E-state index contributed by atoms with van der Waals surface area (Å²) in [6, 6.07) is 20.2. The van der Waals surface area contributed by atoms with Crippen LogP contribution in [0.3, 0.4) is 0 Å². The minimum atomic E-state index is -0.0841. The van der Waals surface area contributed by atoms with Crippen LogP contribution in [0.4, 0.5) is 16.2 Å². The van der Waals surface area contributed by atoms with E-state index in [4.69, 9.17) is 0 Å². The molecule has 0 aromatic heterocycles. The second-order valence-electron chi connectivity index (χ2n) is 9.38. The molecule has 3 amide bonds. The minimum absolute atomic E-state index is 0.00170. The molecule has 0 aliphatic carbocycles. The SMILES string of the molecule is O=C(CN1CCC(NC(=O)NCCCN2CCN(c3ccccc3)CC2)CC1)Nc1ccccc1. The number of hydrogen-bond donors (Lipinski definition) is 3. The Morgan fingerprint density at radius 1 is 0.800 bits per heavy atom. The molecule has 2 aliphatic heterocycles. The maximum atomic E-state index is 12.3. The molecule has 8 nitrogen and oxygen atoms in total. The second-order valence-corrected chi connectivity index (χ2v) is 9.38. The number of amides is 3. The number of benzene rings is 2. The van der Waals surface area contributed by atoms with Crippen molar-refractivity contribution in [3.8, 4) is 0 Å². The number of likely N-dealkylation sites (tertiary alicyclic amines) is 1. The highest BCUT2D eigenvalue weighted by molar-refractivity contribution is 5.92. The average Bonchev–Trinajstić information content (AvgIpc) is 2.89. The van der Waals surface area contributed by atoms with Crippen LogP contribution in [0.1, 0.15) is 19.3 Å². The number of carbonyl (C=O) groups excluding carboxylic acids is 2. The maximum absolute atomic E-state index is 12.3. The van der Waals surface area contributed by atoms with Crippen LogP contribution in [0, 0.1) is 0 Å². The Hall–Kier alpha value is -3.10. The quantitative estimate of drug-likeness (QED) is 0.483. The van der Waals surface area contributed by atoms with Gasteiger partial charge in [0.2, 0.25) is 5.91 Å². The van der Waals surface area contributed by atoms with E-state index in [1.807, 2.05) is 30.3 Å². The van der Waals surface area contributed by atoms with Crippen molar-refractivity contribution >= 4 is 23.3 Å². The lowest BCUT2D eigenvalue weighted by atomic mass is 10.1. The summed E-state index contributed by atoms with van der Waals surface area (Å²) in [7, 11) is 0. The van der Waals surface area contributed by atoms with E-state index in [1.165, 1.54) is 5.69 Å². The molecular formula is C27H38N6O2. The molecule has 2 aromatic carbocycles. The summed E-state index contributed by atoms with van der Waals surface area (Å²) in [5.74, 6) is 0.00170. The first-order valence-corrected chi connectivity index (χ1v) is 12.8. The topological polar surface area (TPSA) is 80.0 Å². The average molecular weight is 479 g/mol. The van der Waals surface area contributed by atoms with Gasteiger partial charge in [-0.2, -0.15) is 0 Å². The standard InChI is InChI=1S/C27H38N6O2/c34-26(29-23-8-3-1-4-9-23)22-32-16-12-24(13-17-32)30-27(35)28-14-7-15-31-18-20-33(21-19-31)25-10-5-2-6-11-25/h1-6,8-11,24H,7,12-22H2,(H,29,34)(H2,28,30,35). The summed E-state index contributed by atoms with van der Waals surface area (Å²) < 4.78 is 0. The number of carbonyl (C=O) groups is 2. The molecule has 2 aromatic rings. The fourth-order valence-corrected chi connectivity index (χ4v) is 4.77. The number of anilines is 2. The lowest BCUT2D eigenvalue weighted by molar-refractivity contribution is -0.117. The Bertz CT molecular complexity index is 910. The number of rotatable bonds is 9. The molecule has 3 N–H and O–H groups in total. The third-order valence-corrected chi connectivity index (χ3v) is 6.78. The van der Waals surface area contributed by atoms with Crippen molar-refractivity contribution < 1.29 is 9.59 Å². The maximum Gasteiger partial charge on any atom is 0.315 e. The smallest absolute Gasteiger partial charge is 0.315 e. The Morgan fingerprint density at radius 2 is 1.46 bits per heavy atom. The van der Waals surface area contributed by atoms with Crippen molar-refractivity contribution in [3.63, 3.8) is 0 Å². The summed E-state index contributed by atoms with van der Waals surface area (Å²) >= 11 is 0. The van der Waals surface area contributed by atoms with Crippen LogP contribution < -0.4 is 20.9 Å². The van der Waals surface area contributed by atoms with Gasteiger partial charge in [0, 0.05) is 63.2 Å². The van der Waals surface area contributed by atoms with Crippen LogP contribution >= 0.6 is 0 Å². The van der Waals surface area contributed by atoms with E-state index in [0.717, 1.165) is 70.8 Å². The Kier molecular flexibility index (Phi) is 9.37. The highest BCUT2D eigenvalue weighted by Crippen LogP contribution is 2.15. The summed E-state index contributed by atoms with van der Waals surface area (Å²) in [6.07, 6.45) is 2.67. The van der Waals surface area contributed by atoms with Crippen molar-refractivity contribution in [3.05, 3.63) is 60.7 Å². The third kappa shape index (κ3) is 8.26. The summed E-state index contributed by atoms with van der Waals surface area (Å²) in [5.41, 5.74) is 2.12. The predicted molar refractivity (Wildman–Crippen MR) is 141 cm³/mol. The molecule has 2 fully saturated rings. The minimum Gasteiger partial charge on any atom is -0.369 e. The third-order valence-electron chi connectivity index (χ3n) is 6.78. The molecule has 2 aliphatic rings. The van der Waals surface area contributed by atoms with Gasteiger partial charge in [-0.15, -0.1) is 0 Å². The molecule has 0 atom stereocenters. The summed E-state index contributed by atoms with van der Waals surface area (Å²) in [4.78, 5) is 31.6. The van der Waals surface area contributed by atoms with Crippen LogP contribution in [0.2, 0.25) is 0 Å². The number of urea groups is 1. The van der Waals surface area contributed by atoms with Crippen molar-refractivity contribution in [1.29, 1.82) is 0 Å². The van der Waals surface area contributed by atoms with E-state index < -0.39 is 0 Å². The molecular weight excluding hydrogens is 440 g/mol. The fourth-order valence-electron chi connectivity index (χ4n) is 4.77. The number of hydrogen-bond acceptors (Lipinski definition) is 5. The van der Waals surface area contributed by atoms with Crippen molar-refractivity contribution in [2.45, 2.75) is 25.3 Å². The van der Waals surface area contributed by atoms with Crippen LogP contribution in [0.15, 0.2) is 60.7 Å². The Labute approximate surface area is 208 Å². The molecule has 0 bridgehead atoms. The lowest BCUT2D eigenvalue weighted by Crippen LogP contribution is -2.49. The van der Waals surface area contributed by atoms with Gasteiger partial charge >= 0.3 is 6.03 Å². The number of para-hydroxylation sites is 2. The Balaban J connectivity index is 1.03. The molecule has 0 unspecified atom stereocenters. The van der Waals surface area contributed by atoms with E-state index >= 15 is 0 Å². The first kappa shape index (κ1) is 25.0. The zero-order chi connectivity index (χ0) is 24.3. The molecule has 188 valence electrons. The van der Waals surface area contributed by atoms with Gasteiger partial charge in [0.25, 0.3) is 0 Å². The lowest BCUT2D eigenvalue weighted by Gasteiger charge is -2.36. The number of piperidine rings is 1. The van der Waals surface area contributed by atoms with Gasteiger partial charge in [-0.25, -0.2) is 4.79 Å². The largest absolute Gasteiger partial charge is 0.369 e. The van der Waals surface area contributed by atoms with Crippen LogP contribution in [0.5, 0.6) is 0 Å². The van der Waals surface area contributed by atoms with E-state index in [2.05, 4.69) is 61.0 Å². The van der Waals surface area contributed by atoms with Crippen molar-refractivity contribution in [2.24, 2.45) is 0 Å². The normalized spacial score (nSPS) is 17.7. The molecule has 4 rings (SSSR count). The van der Waals surface area contributed by atoms with E-state index in [-0.39, 0.29) is 18.0 Å². The second kappa shape index (κ2) is 13.1. The van der Waals surface area contributed by atoms with Crippen LogP contribution in [-0.4, -0.2) is 86.7 Å². The molecule has 8 heteroatoms. The van der Waals surface area contributed by atoms with Gasteiger partial charge < -0.3 is 20.9 Å². The van der Waals surface area contributed by atoms with Gasteiger partial charge in [0.05, 0.1) is 6.54 Å². The first-order valence-electron chi connectivity index (χ1n) is 12.8. The molecule has 35 heavy (non-hydrogen) atoms. The van der Waals surface area contributed by atoms with E-state index in [9.17, 15) is 9.59 Å². The summed E-state index contributed by atoms with van der Waals surface area (Å²) in [5, 5.41) is 9.04. The zero-order valence-corrected chi connectivity index (χ0v) is 20.5. The van der Waals surface area contributed by atoms with E-state index in [1.54, 1.807) is 0 Å². The number of nitrogens with zero attached hydrogens (tertiary/aromatic N) is 3. The summed E-state index contributed by atoms with van der Waals surface area (Å²) in [6.45, 7) is 7.90. The predicted octanol–water partition coefficient (Wildman–Crippen LogP) is 2.60. The van der Waals surface area contributed by atoms with Crippen molar-refractivity contribution in [2.75, 3.05) is 69.1 Å². The zero-order valence-electron chi connectivity index (χ0n) is 20.5. The molecule has 2 saturated heterocycles. The molecule has 0 spiro atoms. The van der Waals surface area contributed by atoms with E-state index in [0.29, 0.717) is 13.1 Å². The number of piperazine rings is 1. The van der Waals surface area contributed by atoms with Gasteiger partial charge in [-0.1, -0.05) is 36.4 Å². The van der Waals surface area contributed by atoms with Gasteiger partial charge in [-0.3, -0.25) is 14.6 Å². The molecule has 0 radical (unpaired) electrons. The fraction of sp³-hybridized carbons (Fsp3) is 0.481. The van der Waals surface area contributed by atoms with Crippen molar-refractivity contribution in [1.82, 2.24) is 20.4 Å². The van der Waals surface area contributed by atoms with Gasteiger partial charge in [0.15, 0.2) is 0 Å². The first-order chi connectivity index (χ1) is 17.2. The van der Waals surface area contributed by atoms with Gasteiger partial charge in [0.1, 0.15) is 0 Å². The molecule has 2 heterocycles. The Morgan fingerprint density at radius 3 is 2.14 bits per heavy atom.